The van der Waals surface area contributed by atoms with Gasteiger partial charge in [0.25, 0.3) is 0 Å². The Morgan fingerprint density at radius 1 is 1.28 bits per heavy atom. The number of rotatable bonds is 3. The highest BCUT2D eigenvalue weighted by Gasteiger charge is 2.30. The molecule has 2 atom stereocenters. The number of carbonyl (C=O) groups excluding carboxylic acids is 1. The molecule has 96 valence electrons. The Morgan fingerprint density at radius 3 is 2.83 bits per heavy atom. The van der Waals surface area contributed by atoms with Crippen LogP contribution in [0.4, 0.5) is 0 Å². The number of hydrogen-bond donors (Lipinski definition) is 0. The first kappa shape index (κ1) is 11.6. The minimum absolute atomic E-state index is 0.231. The van der Waals surface area contributed by atoms with E-state index in [0.29, 0.717) is 6.42 Å². The average Bonchev–Trinajstić information content (AvgIpc) is 2.85. The zero-order valence-corrected chi connectivity index (χ0v) is 10.9. The van der Waals surface area contributed by atoms with E-state index in [-0.39, 0.29) is 12.2 Å². The topological polar surface area (TPSA) is 35.5 Å². The summed E-state index contributed by atoms with van der Waals surface area (Å²) in [5, 5.41) is 0. The van der Waals surface area contributed by atoms with Gasteiger partial charge in [0.05, 0.1) is 0 Å². The second-order valence-electron chi connectivity index (χ2n) is 5.29. The van der Waals surface area contributed by atoms with Crippen LogP contribution < -0.4 is 9.47 Å². The molecule has 2 aliphatic rings. The molecule has 0 amide bonds. The SMILES string of the molecule is CC1Cc2c(cc3c(c2CCC=O)OC(C)C3)O1. The predicted octanol–water partition coefficient (Wildman–Crippen LogP) is 2.46. The third kappa shape index (κ3) is 1.78. The fourth-order valence-electron chi connectivity index (χ4n) is 2.98. The van der Waals surface area contributed by atoms with Crippen LogP contribution in [0.25, 0.3) is 0 Å². The molecule has 0 N–H and O–H groups in total. The second-order valence-corrected chi connectivity index (χ2v) is 5.29. The minimum atomic E-state index is 0.231. The highest BCUT2D eigenvalue weighted by atomic mass is 16.5. The van der Waals surface area contributed by atoms with E-state index in [1.54, 1.807) is 0 Å². The molecule has 0 saturated carbocycles. The van der Waals surface area contributed by atoms with Gasteiger partial charge in [-0.2, -0.15) is 0 Å². The van der Waals surface area contributed by atoms with E-state index < -0.39 is 0 Å². The van der Waals surface area contributed by atoms with Crippen molar-refractivity contribution in [3.63, 3.8) is 0 Å². The van der Waals surface area contributed by atoms with Gasteiger partial charge in [0.15, 0.2) is 0 Å². The van der Waals surface area contributed by atoms with Gasteiger partial charge < -0.3 is 14.3 Å². The molecule has 0 radical (unpaired) electrons. The first-order valence-corrected chi connectivity index (χ1v) is 6.63. The van der Waals surface area contributed by atoms with Crippen LogP contribution in [0.3, 0.4) is 0 Å². The number of aldehydes is 1. The molecule has 3 rings (SSSR count). The molecule has 1 aromatic carbocycles. The second kappa shape index (κ2) is 4.30. The lowest BCUT2D eigenvalue weighted by Gasteiger charge is -2.12. The minimum Gasteiger partial charge on any atom is -0.490 e. The smallest absolute Gasteiger partial charge is 0.126 e. The van der Waals surface area contributed by atoms with Crippen molar-refractivity contribution in [2.24, 2.45) is 0 Å². The molecule has 0 spiro atoms. The van der Waals surface area contributed by atoms with E-state index >= 15 is 0 Å². The van der Waals surface area contributed by atoms with Gasteiger partial charge in [0, 0.05) is 36.0 Å². The van der Waals surface area contributed by atoms with Crippen LogP contribution in [0.2, 0.25) is 0 Å². The average molecular weight is 246 g/mol. The largest absolute Gasteiger partial charge is 0.490 e. The van der Waals surface area contributed by atoms with Crippen molar-refractivity contribution in [2.45, 2.75) is 51.7 Å². The maximum absolute atomic E-state index is 10.6. The van der Waals surface area contributed by atoms with Crippen molar-refractivity contribution < 1.29 is 14.3 Å². The highest BCUT2D eigenvalue weighted by Crippen LogP contribution is 2.43. The van der Waals surface area contributed by atoms with Crippen LogP contribution in [-0.4, -0.2) is 18.5 Å². The van der Waals surface area contributed by atoms with Crippen molar-refractivity contribution in [3.05, 3.63) is 22.8 Å². The molecule has 2 heterocycles. The van der Waals surface area contributed by atoms with Gasteiger partial charge in [0.1, 0.15) is 30.0 Å². The van der Waals surface area contributed by atoms with Gasteiger partial charge in [-0.3, -0.25) is 0 Å². The number of carbonyl (C=O) groups is 1. The Bertz CT molecular complexity index is 457. The van der Waals surface area contributed by atoms with Crippen molar-refractivity contribution in [1.29, 1.82) is 0 Å². The molecule has 0 bridgehead atoms. The summed E-state index contributed by atoms with van der Waals surface area (Å²) in [7, 11) is 0. The number of benzene rings is 1. The van der Waals surface area contributed by atoms with E-state index in [9.17, 15) is 4.79 Å². The predicted molar refractivity (Wildman–Crippen MR) is 68.4 cm³/mol. The molecule has 0 saturated heterocycles. The first-order valence-electron chi connectivity index (χ1n) is 6.63. The van der Waals surface area contributed by atoms with Gasteiger partial charge in [-0.05, 0) is 26.3 Å². The molecule has 0 aromatic heterocycles. The Morgan fingerprint density at radius 2 is 2.06 bits per heavy atom. The van der Waals surface area contributed by atoms with E-state index in [4.69, 9.17) is 9.47 Å². The van der Waals surface area contributed by atoms with E-state index in [1.165, 1.54) is 16.7 Å². The lowest BCUT2D eigenvalue weighted by molar-refractivity contribution is -0.107. The van der Waals surface area contributed by atoms with E-state index in [2.05, 4.69) is 19.9 Å². The molecule has 0 fully saturated rings. The fraction of sp³-hybridized carbons (Fsp3) is 0.533. The maximum atomic E-state index is 10.6. The summed E-state index contributed by atoms with van der Waals surface area (Å²) in [6.07, 6.45) is 4.61. The Balaban J connectivity index is 2.06. The summed E-state index contributed by atoms with van der Waals surface area (Å²) in [6, 6.07) is 2.13. The monoisotopic (exact) mass is 246 g/mol. The summed E-state index contributed by atoms with van der Waals surface area (Å²) in [4.78, 5) is 10.6. The van der Waals surface area contributed by atoms with Crippen LogP contribution >= 0.6 is 0 Å². The number of fused-ring (bicyclic) bond motifs is 2. The molecule has 3 heteroatoms. The maximum Gasteiger partial charge on any atom is 0.126 e. The van der Waals surface area contributed by atoms with Crippen LogP contribution in [0.5, 0.6) is 11.5 Å². The molecule has 3 nitrogen and oxygen atoms in total. The van der Waals surface area contributed by atoms with Crippen LogP contribution in [0.1, 0.15) is 37.0 Å². The molecular weight excluding hydrogens is 228 g/mol. The van der Waals surface area contributed by atoms with Gasteiger partial charge >= 0.3 is 0 Å². The van der Waals surface area contributed by atoms with Crippen LogP contribution in [-0.2, 0) is 24.1 Å². The van der Waals surface area contributed by atoms with Gasteiger partial charge in [0.2, 0.25) is 0 Å². The van der Waals surface area contributed by atoms with Crippen molar-refractivity contribution in [2.75, 3.05) is 0 Å². The lowest BCUT2D eigenvalue weighted by Crippen LogP contribution is -2.08. The molecule has 2 aliphatic heterocycles. The quantitative estimate of drug-likeness (QED) is 0.769. The highest BCUT2D eigenvalue weighted by molar-refractivity contribution is 5.59. The summed E-state index contributed by atoms with van der Waals surface area (Å²) < 4.78 is 11.8. The van der Waals surface area contributed by atoms with Crippen LogP contribution in [0, 0.1) is 0 Å². The fourth-order valence-corrected chi connectivity index (χ4v) is 2.98. The number of hydrogen-bond acceptors (Lipinski definition) is 3. The standard InChI is InChI=1S/C15H18O3/c1-9-6-11-8-14-13(7-10(2)17-14)12(4-3-5-16)15(11)18-9/h5,8-10H,3-4,6-7H2,1-2H3. The molecule has 18 heavy (non-hydrogen) atoms. The van der Waals surface area contributed by atoms with Gasteiger partial charge in [-0.25, -0.2) is 0 Å². The van der Waals surface area contributed by atoms with Crippen molar-refractivity contribution in [1.82, 2.24) is 0 Å². The van der Waals surface area contributed by atoms with Gasteiger partial charge in [-0.1, -0.05) is 0 Å². The first-order chi connectivity index (χ1) is 8.69. The summed E-state index contributed by atoms with van der Waals surface area (Å²) in [5.41, 5.74) is 3.68. The lowest BCUT2D eigenvalue weighted by atomic mass is 9.95. The molecule has 0 aliphatic carbocycles. The molecule has 2 unspecified atom stereocenters. The number of ether oxygens (including phenoxy) is 2. The Hall–Kier alpha value is -1.51. The van der Waals surface area contributed by atoms with Crippen molar-refractivity contribution >= 4 is 6.29 Å². The van der Waals surface area contributed by atoms with Gasteiger partial charge in [-0.15, -0.1) is 0 Å². The Kier molecular flexibility index (Phi) is 2.77. The zero-order valence-electron chi connectivity index (χ0n) is 10.9. The summed E-state index contributed by atoms with van der Waals surface area (Å²) >= 11 is 0. The van der Waals surface area contributed by atoms with Crippen LogP contribution in [0.15, 0.2) is 6.07 Å². The normalized spacial score (nSPS) is 24.1. The zero-order chi connectivity index (χ0) is 12.7. The summed E-state index contributed by atoms with van der Waals surface area (Å²) in [6.45, 7) is 4.16. The summed E-state index contributed by atoms with van der Waals surface area (Å²) in [5.74, 6) is 2.01. The third-order valence-corrected chi connectivity index (χ3v) is 3.69. The van der Waals surface area contributed by atoms with E-state index in [1.807, 2.05) is 0 Å². The molecule has 1 aromatic rings. The van der Waals surface area contributed by atoms with E-state index in [0.717, 1.165) is 37.0 Å². The molecular formula is C15H18O3. The van der Waals surface area contributed by atoms with Crippen molar-refractivity contribution in [3.8, 4) is 11.5 Å². The Labute approximate surface area is 107 Å². The third-order valence-electron chi connectivity index (χ3n) is 3.69.